The molecule has 0 aliphatic carbocycles. The molecule has 29 heavy (non-hydrogen) atoms. The number of benzene rings is 2. The minimum Gasteiger partial charge on any atom is -0.492 e. The Morgan fingerprint density at radius 3 is 2.66 bits per heavy atom. The van der Waals surface area contributed by atoms with E-state index in [1.807, 2.05) is 67.9 Å². The maximum Gasteiger partial charge on any atom is 0.246 e. The van der Waals surface area contributed by atoms with Crippen molar-refractivity contribution in [2.75, 3.05) is 17.2 Å². The highest BCUT2D eigenvalue weighted by molar-refractivity contribution is 5.97. The van der Waals surface area contributed by atoms with Gasteiger partial charge in [-0.2, -0.15) is 5.10 Å². The van der Waals surface area contributed by atoms with E-state index in [1.165, 1.54) is 0 Å². The summed E-state index contributed by atoms with van der Waals surface area (Å²) in [6.45, 7) is 9.04. The third kappa shape index (κ3) is 5.38. The standard InChI is InChI=1S/C23H28N4O2/c1-5-29-22-12-7-6-11-21(22)25-23(28)18(4)24-20-10-8-9-19(14-20)15-27-17(3)13-16(2)26-27/h6-14,18,24H,5,15H2,1-4H3,(H,25,28). The van der Waals surface area contributed by atoms with Crippen LogP contribution in [0.4, 0.5) is 11.4 Å². The molecule has 3 aromatic rings. The first-order chi connectivity index (χ1) is 14.0. The lowest BCUT2D eigenvalue weighted by molar-refractivity contribution is -0.116. The van der Waals surface area contributed by atoms with Crippen LogP contribution in [0.1, 0.15) is 30.8 Å². The van der Waals surface area contributed by atoms with Crippen LogP contribution in [0.25, 0.3) is 0 Å². The monoisotopic (exact) mass is 392 g/mol. The normalized spacial score (nSPS) is 11.7. The number of hydrogen-bond donors (Lipinski definition) is 2. The van der Waals surface area contributed by atoms with E-state index in [0.29, 0.717) is 24.6 Å². The molecular formula is C23H28N4O2. The van der Waals surface area contributed by atoms with Crippen molar-refractivity contribution in [3.05, 3.63) is 71.5 Å². The van der Waals surface area contributed by atoms with E-state index in [4.69, 9.17) is 4.74 Å². The number of nitrogens with zero attached hydrogens (tertiary/aromatic N) is 2. The zero-order chi connectivity index (χ0) is 20.8. The Morgan fingerprint density at radius 1 is 1.14 bits per heavy atom. The van der Waals surface area contributed by atoms with Crippen molar-refractivity contribution in [2.45, 2.75) is 40.3 Å². The molecule has 0 aliphatic heterocycles. The molecule has 2 N–H and O–H groups in total. The van der Waals surface area contributed by atoms with Gasteiger partial charge in [0.15, 0.2) is 0 Å². The summed E-state index contributed by atoms with van der Waals surface area (Å²) >= 11 is 0. The molecule has 0 saturated carbocycles. The van der Waals surface area contributed by atoms with Crippen LogP contribution >= 0.6 is 0 Å². The minimum absolute atomic E-state index is 0.124. The number of aromatic nitrogens is 2. The largest absolute Gasteiger partial charge is 0.492 e. The average Bonchev–Trinajstić information content (AvgIpc) is 3.00. The van der Waals surface area contributed by atoms with Gasteiger partial charge < -0.3 is 15.4 Å². The highest BCUT2D eigenvalue weighted by atomic mass is 16.5. The lowest BCUT2D eigenvalue weighted by Crippen LogP contribution is -2.32. The zero-order valence-electron chi connectivity index (χ0n) is 17.4. The number of amides is 1. The fourth-order valence-corrected chi connectivity index (χ4v) is 3.18. The highest BCUT2D eigenvalue weighted by Gasteiger charge is 2.15. The maximum atomic E-state index is 12.7. The van der Waals surface area contributed by atoms with Gasteiger partial charge in [-0.15, -0.1) is 0 Å². The lowest BCUT2D eigenvalue weighted by Gasteiger charge is -2.17. The van der Waals surface area contributed by atoms with Crippen LogP contribution in [0.15, 0.2) is 54.6 Å². The second kappa shape index (κ2) is 9.28. The molecule has 1 heterocycles. The van der Waals surface area contributed by atoms with Gasteiger partial charge in [-0.3, -0.25) is 9.48 Å². The number of aryl methyl sites for hydroxylation is 2. The van der Waals surface area contributed by atoms with Crippen molar-refractivity contribution < 1.29 is 9.53 Å². The molecule has 0 aliphatic rings. The topological polar surface area (TPSA) is 68.2 Å². The molecule has 1 amide bonds. The van der Waals surface area contributed by atoms with Crippen molar-refractivity contribution in [3.63, 3.8) is 0 Å². The third-order valence-corrected chi connectivity index (χ3v) is 4.58. The van der Waals surface area contributed by atoms with Gasteiger partial charge in [-0.1, -0.05) is 24.3 Å². The molecule has 1 aromatic heterocycles. The van der Waals surface area contributed by atoms with Crippen LogP contribution < -0.4 is 15.4 Å². The van der Waals surface area contributed by atoms with E-state index < -0.39 is 6.04 Å². The summed E-state index contributed by atoms with van der Waals surface area (Å²) in [5, 5.41) is 10.7. The van der Waals surface area contributed by atoms with Gasteiger partial charge in [-0.25, -0.2) is 0 Å². The maximum absolute atomic E-state index is 12.7. The molecular weight excluding hydrogens is 364 g/mol. The van der Waals surface area contributed by atoms with E-state index in [0.717, 1.165) is 22.6 Å². The molecule has 3 rings (SSSR count). The predicted octanol–water partition coefficient (Wildman–Crippen LogP) is 4.39. The van der Waals surface area contributed by atoms with Crippen molar-refractivity contribution >= 4 is 17.3 Å². The summed E-state index contributed by atoms with van der Waals surface area (Å²) in [5.74, 6) is 0.545. The molecule has 0 spiro atoms. The predicted molar refractivity (Wildman–Crippen MR) is 117 cm³/mol. The van der Waals surface area contributed by atoms with Crippen molar-refractivity contribution in [2.24, 2.45) is 0 Å². The molecule has 152 valence electrons. The van der Waals surface area contributed by atoms with E-state index in [-0.39, 0.29) is 5.91 Å². The van der Waals surface area contributed by atoms with Crippen molar-refractivity contribution in [1.82, 2.24) is 9.78 Å². The second-order valence-electron chi connectivity index (χ2n) is 7.07. The van der Waals surface area contributed by atoms with E-state index in [9.17, 15) is 4.79 Å². The van der Waals surface area contributed by atoms with E-state index >= 15 is 0 Å². The number of nitrogens with one attached hydrogen (secondary N) is 2. The van der Waals surface area contributed by atoms with Crippen LogP contribution in [0.2, 0.25) is 0 Å². The Bertz CT molecular complexity index is 981. The van der Waals surface area contributed by atoms with E-state index in [1.54, 1.807) is 0 Å². The summed E-state index contributed by atoms with van der Waals surface area (Å²) < 4.78 is 7.56. The van der Waals surface area contributed by atoms with E-state index in [2.05, 4.69) is 34.8 Å². The summed E-state index contributed by atoms with van der Waals surface area (Å²) in [6, 6.07) is 17.2. The SMILES string of the molecule is CCOc1ccccc1NC(=O)C(C)Nc1cccc(Cn2nc(C)cc2C)c1. The highest BCUT2D eigenvalue weighted by Crippen LogP contribution is 2.24. The van der Waals surface area contributed by atoms with Gasteiger partial charge in [0.05, 0.1) is 24.5 Å². The number of hydrogen-bond acceptors (Lipinski definition) is 4. The van der Waals surface area contributed by atoms with Gasteiger partial charge in [0.25, 0.3) is 0 Å². The fraction of sp³-hybridized carbons (Fsp3) is 0.304. The number of para-hydroxylation sites is 2. The van der Waals surface area contributed by atoms with Gasteiger partial charge >= 0.3 is 0 Å². The van der Waals surface area contributed by atoms with Crippen LogP contribution in [-0.4, -0.2) is 28.3 Å². The summed E-state index contributed by atoms with van der Waals surface area (Å²) in [6.07, 6.45) is 0. The Labute approximate surface area is 171 Å². The van der Waals surface area contributed by atoms with Crippen LogP contribution in [-0.2, 0) is 11.3 Å². The molecule has 1 unspecified atom stereocenters. The molecule has 6 heteroatoms. The van der Waals surface area contributed by atoms with Gasteiger partial charge in [0.2, 0.25) is 5.91 Å². The van der Waals surface area contributed by atoms with Crippen LogP contribution in [0.3, 0.4) is 0 Å². The minimum atomic E-state index is -0.409. The summed E-state index contributed by atoms with van der Waals surface area (Å²) in [5.41, 5.74) is 4.82. The van der Waals surface area contributed by atoms with Crippen molar-refractivity contribution in [1.29, 1.82) is 0 Å². The van der Waals surface area contributed by atoms with Crippen molar-refractivity contribution in [3.8, 4) is 5.75 Å². The number of anilines is 2. The number of ether oxygens (including phenoxy) is 1. The summed E-state index contributed by atoms with van der Waals surface area (Å²) in [7, 11) is 0. The van der Waals surface area contributed by atoms with Gasteiger partial charge in [0, 0.05) is 11.4 Å². The number of carbonyl (C=O) groups excluding carboxylic acids is 1. The molecule has 0 fully saturated rings. The molecule has 6 nitrogen and oxygen atoms in total. The Morgan fingerprint density at radius 2 is 1.93 bits per heavy atom. The number of rotatable bonds is 8. The lowest BCUT2D eigenvalue weighted by atomic mass is 10.1. The Hall–Kier alpha value is -3.28. The quantitative estimate of drug-likeness (QED) is 0.597. The number of carbonyl (C=O) groups is 1. The van der Waals surface area contributed by atoms with Gasteiger partial charge in [0.1, 0.15) is 11.8 Å². The first kappa shape index (κ1) is 20.5. The van der Waals surface area contributed by atoms with Crippen LogP contribution in [0.5, 0.6) is 5.75 Å². The first-order valence-corrected chi connectivity index (χ1v) is 9.85. The van der Waals surface area contributed by atoms with Crippen LogP contribution in [0, 0.1) is 13.8 Å². The molecule has 2 aromatic carbocycles. The fourth-order valence-electron chi connectivity index (χ4n) is 3.18. The Kier molecular flexibility index (Phi) is 6.54. The summed E-state index contributed by atoms with van der Waals surface area (Å²) in [4.78, 5) is 12.7. The Balaban J connectivity index is 1.65. The molecule has 1 atom stereocenters. The van der Waals surface area contributed by atoms with Gasteiger partial charge in [-0.05, 0) is 63.6 Å². The molecule has 0 radical (unpaired) electrons. The smallest absolute Gasteiger partial charge is 0.246 e. The average molecular weight is 393 g/mol. The molecule has 0 saturated heterocycles. The molecule has 0 bridgehead atoms. The first-order valence-electron chi connectivity index (χ1n) is 9.85. The zero-order valence-corrected chi connectivity index (χ0v) is 17.4. The second-order valence-corrected chi connectivity index (χ2v) is 7.07. The third-order valence-electron chi connectivity index (χ3n) is 4.58.